The van der Waals surface area contributed by atoms with Gasteiger partial charge < -0.3 is 4.57 Å². The molecule has 1 N–H and O–H groups in total. The summed E-state index contributed by atoms with van der Waals surface area (Å²) in [7, 11) is 1.83. The quantitative estimate of drug-likeness (QED) is 0.0609. The summed E-state index contributed by atoms with van der Waals surface area (Å²) in [5.74, 6) is 2.80. The summed E-state index contributed by atoms with van der Waals surface area (Å²) in [5, 5.41) is 15.7. The first kappa shape index (κ1) is 67.1. The largest absolute Gasteiger partial charge is 0.313 e. The van der Waals surface area contributed by atoms with Crippen LogP contribution in [0.1, 0.15) is 230 Å². The minimum atomic E-state index is 0. The zero-order chi connectivity index (χ0) is 60.6. The number of aromatic nitrogens is 1. The van der Waals surface area contributed by atoms with Gasteiger partial charge in [-0.15, -0.1) is 0 Å². The molecule has 4 nitrogen and oxygen atoms in total. The molecule has 1 heterocycles. The smallest absolute Gasteiger partial charge is 0.143 e. The van der Waals surface area contributed by atoms with Gasteiger partial charge in [0.05, 0.1) is 11.7 Å². The fraction of sp³-hybridized carbons (Fsp3) is 0.407. The summed E-state index contributed by atoms with van der Waals surface area (Å²) in [6.45, 7) is 29.3. The topological polar surface area (TPSA) is 44.4 Å². The zero-order valence-corrected chi connectivity index (χ0v) is 54.2. The van der Waals surface area contributed by atoms with Crippen LogP contribution in [0.4, 0.5) is 0 Å². The Kier molecular flexibility index (Phi) is 24.8. The van der Waals surface area contributed by atoms with Crippen LogP contribution >= 0.6 is 0 Å². The number of hydrogen-bond donors (Lipinski definition) is 1. The third-order valence-electron chi connectivity index (χ3n) is 17.4. The normalized spacial score (nSPS) is 22.4. The lowest BCUT2D eigenvalue weighted by Gasteiger charge is -2.36. The Labute approximate surface area is 516 Å². The summed E-state index contributed by atoms with van der Waals surface area (Å²) in [4.78, 5) is 0. The Bertz CT molecular complexity index is 3420. The zero-order valence-electron chi connectivity index (χ0n) is 54.2. The SMILES string of the molecule is C.C/C=C\C(=C/C)c1ccc(/C=N/N(C)C(=N)/C(=C/C)CCCC)cc1.CC.CC.CCC.CCC.Cc1cccc(-n2c3c(c4cc(C5CCC=CC=C5c5ccc6c(c5)C5=C(C7CC7C=C5)C57C=CC=CC65C7)ccc42)C=CCCC3C)c1. The molecule has 0 aliphatic heterocycles. The second-order valence-electron chi connectivity index (χ2n) is 23.4. The van der Waals surface area contributed by atoms with Crippen molar-refractivity contribution < 1.29 is 0 Å². The first-order chi connectivity index (χ1) is 41.0. The Balaban J connectivity index is 0.000000274. The lowest BCUT2D eigenvalue weighted by Crippen LogP contribution is -2.27. The van der Waals surface area contributed by atoms with Crippen molar-refractivity contribution in [1.82, 2.24) is 9.58 Å². The highest BCUT2D eigenvalue weighted by molar-refractivity contribution is 5.97. The number of hydrogen-bond acceptors (Lipinski definition) is 2. The average molecular weight is 1140 g/mol. The maximum atomic E-state index is 8.29. The lowest BCUT2D eigenvalue weighted by atomic mass is 9.67. The second kappa shape index (κ2) is 31.4. The van der Waals surface area contributed by atoms with Crippen LogP contribution in [-0.4, -0.2) is 28.7 Å². The molecule has 450 valence electrons. The number of amidine groups is 1. The van der Waals surface area contributed by atoms with Crippen molar-refractivity contribution in [3.8, 4) is 5.69 Å². The van der Waals surface area contributed by atoms with Crippen LogP contribution in [0.5, 0.6) is 0 Å². The average Bonchev–Trinajstić information content (AvgIpc) is 1.48. The van der Waals surface area contributed by atoms with Crippen molar-refractivity contribution in [2.24, 2.45) is 22.4 Å². The van der Waals surface area contributed by atoms with Gasteiger partial charge in [0.1, 0.15) is 5.84 Å². The molecule has 1 aromatic heterocycles. The molecule has 4 aromatic carbocycles. The molecule has 0 saturated heterocycles. The molecule has 7 aliphatic carbocycles. The van der Waals surface area contributed by atoms with Crippen molar-refractivity contribution in [3.05, 3.63) is 231 Å². The third kappa shape index (κ3) is 14.1. The predicted molar refractivity (Wildman–Crippen MR) is 378 cm³/mol. The summed E-state index contributed by atoms with van der Waals surface area (Å²) < 4.78 is 2.57. The lowest BCUT2D eigenvalue weighted by molar-refractivity contribution is 0.539. The highest BCUT2D eigenvalue weighted by Crippen LogP contribution is 2.79. The number of likely N-dealkylation sites (N-methyl/N-ethyl adjacent to an activating group) is 1. The molecule has 2 fully saturated rings. The Morgan fingerprint density at radius 2 is 1.52 bits per heavy atom. The van der Waals surface area contributed by atoms with E-state index in [4.69, 9.17) is 5.41 Å². The molecule has 6 atom stereocenters. The van der Waals surface area contributed by atoms with Crippen molar-refractivity contribution in [2.75, 3.05) is 7.05 Å². The maximum absolute atomic E-state index is 8.29. The van der Waals surface area contributed by atoms with E-state index in [0.29, 0.717) is 17.7 Å². The number of aryl methyl sites for hydroxylation is 1. The van der Waals surface area contributed by atoms with E-state index < -0.39 is 0 Å². The number of rotatable bonds is 11. The molecule has 4 heteroatoms. The number of nitrogens with zero attached hydrogens (tertiary/aromatic N) is 3. The summed E-state index contributed by atoms with van der Waals surface area (Å²) in [6.07, 6.45) is 49.5. The number of fused-ring (bicyclic) bond motifs is 7. The van der Waals surface area contributed by atoms with E-state index in [1.54, 1.807) is 22.4 Å². The van der Waals surface area contributed by atoms with Crippen molar-refractivity contribution in [3.63, 3.8) is 0 Å². The van der Waals surface area contributed by atoms with E-state index >= 15 is 0 Å². The summed E-state index contributed by atoms with van der Waals surface area (Å²) >= 11 is 0. The Hall–Kier alpha value is -7.04. The van der Waals surface area contributed by atoms with Gasteiger partial charge in [-0.3, -0.25) is 10.4 Å². The number of allylic oxidation sites excluding steroid dienone is 18. The maximum Gasteiger partial charge on any atom is 0.143 e. The van der Waals surface area contributed by atoms with Crippen LogP contribution in [0.2, 0.25) is 0 Å². The molecule has 0 radical (unpaired) electrons. The standard InChI is InChI=1S/C48H43N.C22H31N3.2C3H8.2C2H6.CH4/c1-30-11-10-13-35(25-30)49-44-22-19-33(28-42(44)39-16-7-6-12-31(2)46(39)49)37-15-5-3-4-14-36(37)32-18-21-43-41(27-32)38-20-17-34-26-40(34)45(38)48-24-9-8-23-47(43,48)29-48;1-6-10-12-20(9-4)22(23)25(5)24-17-18-13-15-21(16-14-18)19(8-3)11-7-2;2*1-3-2;2*1-2;/h3-4,7-11,13-14,16-25,27-28,31,34,37,40H,5-6,12,15,26,29H2,1-2H3;7-9,11,13-17,23H,6,10,12H2,1-5H3;2*3H2,1-2H3;2*1-2H3;1H4/b;11-7-,19-8+,20-9+,23-22?,24-17+;;;;;. The van der Waals surface area contributed by atoms with Gasteiger partial charge in [-0.05, 0) is 194 Å². The van der Waals surface area contributed by atoms with E-state index in [0.717, 1.165) is 61.5 Å². The van der Waals surface area contributed by atoms with E-state index in [-0.39, 0.29) is 18.3 Å². The van der Waals surface area contributed by atoms with Gasteiger partial charge in [0.2, 0.25) is 0 Å². The van der Waals surface area contributed by atoms with Crippen molar-refractivity contribution >= 4 is 45.7 Å². The molecule has 85 heavy (non-hydrogen) atoms. The van der Waals surface area contributed by atoms with Gasteiger partial charge in [0.25, 0.3) is 0 Å². The van der Waals surface area contributed by atoms with Crippen LogP contribution in [0.25, 0.3) is 39.4 Å². The van der Waals surface area contributed by atoms with Gasteiger partial charge >= 0.3 is 0 Å². The number of unbranched alkanes of at least 4 members (excludes halogenated alkanes) is 1. The highest BCUT2D eigenvalue weighted by atomic mass is 15.4. The molecule has 5 aromatic rings. The predicted octanol–water partition coefficient (Wildman–Crippen LogP) is 23.7. The summed E-state index contributed by atoms with van der Waals surface area (Å²) in [6, 6.07) is 32.3. The first-order valence-electron chi connectivity index (χ1n) is 32.6. The minimum Gasteiger partial charge on any atom is -0.313 e. The van der Waals surface area contributed by atoms with Crippen molar-refractivity contribution in [2.45, 2.75) is 192 Å². The van der Waals surface area contributed by atoms with E-state index in [1.165, 1.54) is 104 Å². The van der Waals surface area contributed by atoms with Crippen molar-refractivity contribution in [1.29, 1.82) is 5.41 Å². The van der Waals surface area contributed by atoms with Crippen LogP contribution in [0.15, 0.2) is 186 Å². The molecular formula is C81H106N4. The molecule has 12 rings (SSSR count). The van der Waals surface area contributed by atoms with Gasteiger partial charge in [-0.25, -0.2) is 0 Å². The monoisotopic (exact) mass is 1130 g/mol. The van der Waals surface area contributed by atoms with Crippen LogP contribution in [-0.2, 0) is 5.41 Å². The van der Waals surface area contributed by atoms with Crippen LogP contribution < -0.4 is 0 Å². The fourth-order valence-corrected chi connectivity index (χ4v) is 13.4. The van der Waals surface area contributed by atoms with E-state index in [2.05, 4.69) is 222 Å². The third-order valence-corrected chi connectivity index (χ3v) is 17.4. The number of hydrazone groups is 1. The van der Waals surface area contributed by atoms with Crippen LogP contribution in [0.3, 0.4) is 0 Å². The first-order valence-corrected chi connectivity index (χ1v) is 32.6. The summed E-state index contributed by atoms with van der Waals surface area (Å²) in [5.41, 5.74) is 22.2. The molecule has 7 aliphatic rings. The van der Waals surface area contributed by atoms with Gasteiger partial charge in [-0.2, -0.15) is 5.10 Å². The van der Waals surface area contributed by atoms with E-state index in [9.17, 15) is 0 Å². The van der Waals surface area contributed by atoms with Gasteiger partial charge in [-0.1, -0.05) is 242 Å². The van der Waals surface area contributed by atoms with Crippen LogP contribution in [0, 0.1) is 29.6 Å². The molecule has 0 bridgehead atoms. The molecule has 2 saturated carbocycles. The molecule has 0 amide bonds. The van der Waals surface area contributed by atoms with E-state index in [1.807, 2.05) is 67.7 Å². The molecular weight excluding hydrogens is 1030 g/mol. The highest BCUT2D eigenvalue weighted by Gasteiger charge is 2.72. The number of benzene rings is 4. The fourth-order valence-electron chi connectivity index (χ4n) is 13.4. The van der Waals surface area contributed by atoms with Gasteiger partial charge in [0, 0.05) is 46.1 Å². The van der Waals surface area contributed by atoms with Gasteiger partial charge in [0.15, 0.2) is 0 Å². The second-order valence-corrected chi connectivity index (χ2v) is 23.4. The molecule has 6 unspecified atom stereocenters. The minimum absolute atomic E-state index is 0. The number of nitrogens with one attached hydrogen (secondary N) is 1. The Morgan fingerprint density at radius 1 is 0.800 bits per heavy atom. The Morgan fingerprint density at radius 3 is 2.20 bits per heavy atom. The molecule has 0 spiro atoms.